The molecule has 0 radical (unpaired) electrons. The first kappa shape index (κ1) is 34.2. The van der Waals surface area contributed by atoms with Crippen LogP contribution >= 0.6 is 0 Å². The molecule has 0 saturated heterocycles. The van der Waals surface area contributed by atoms with Gasteiger partial charge >= 0.3 is 5.97 Å². The zero-order chi connectivity index (χ0) is 25.5. The van der Waals surface area contributed by atoms with Gasteiger partial charge in [0.25, 0.3) is 0 Å². The molecule has 0 aliphatic heterocycles. The van der Waals surface area contributed by atoms with Gasteiger partial charge in [0.2, 0.25) is 0 Å². The molecular weight excluding hydrogens is 428 g/mol. The van der Waals surface area contributed by atoms with Crippen LogP contribution in [-0.4, -0.2) is 13.1 Å². The molecule has 0 saturated carbocycles. The molecule has 0 aromatic carbocycles. The van der Waals surface area contributed by atoms with Crippen molar-refractivity contribution in [3.05, 3.63) is 12.2 Å². The highest BCUT2D eigenvalue weighted by Crippen LogP contribution is 2.16. The molecule has 0 unspecified atom stereocenters. The van der Waals surface area contributed by atoms with Crippen LogP contribution in [-0.2, 0) is 9.53 Å². The summed E-state index contributed by atoms with van der Waals surface area (Å²) in [6, 6.07) is 0. The second kappa shape index (κ2) is 31.2. The lowest BCUT2D eigenvalue weighted by Gasteiger charge is -2.04. The van der Waals surface area contributed by atoms with Gasteiger partial charge in [-0.3, -0.25) is 0 Å². The fourth-order valence-corrected chi connectivity index (χ4v) is 5.00. The normalized spacial score (nSPS) is 11.5. The molecule has 0 N–H and O–H groups in total. The fraction of sp³-hybridized carbons (Fsp3) is 0.909. The first-order chi connectivity index (χ1) is 17.3. The van der Waals surface area contributed by atoms with E-state index in [2.05, 4.69) is 11.7 Å². The number of ether oxygens (including phenoxy) is 1. The maximum Gasteiger partial charge on any atom is 0.330 e. The highest BCUT2D eigenvalue weighted by Gasteiger charge is 1.96. The molecule has 208 valence electrons. The van der Waals surface area contributed by atoms with Crippen LogP contribution in [0.5, 0.6) is 0 Å². The van der Waals surface area contributed by atoms with Gasteiger partial charge in [-0.1, -0.05) is 180 Å². The third-order valence-corrected chi connectivity index (χ3v) is 7.43. The van der Waals surface area contributed by atoms with Gasteiger partial charge in [0.05, 0.1) is 7.11 Å². The van der Waals surface area contributed by atoms with Gasteiger partial charge in [0, 0.05) is 6.08 Å². The van der Waals surface area contributed by atoms with E-state index in [1.807, 2.05) is 6.08 Å². The average Bonchev–Trinajstić information content (AvgIpc) is 2.87. The number of carbonyl (C=O) groups is 1. The van der Waals surface area contributed by atoms with Crippen molar-refractivity contribution in [3.8, 4) is 0 Å². The summed E-state index contributed by atoms with van der Waals surface area (Å²) in [7, 11) is 1.43. The van der Waals surface area contributed by atoms with Crippen LogP contribution in [0.2, 0.25) is 0 Å². The largest absolute Gasteiger partial charge is 0.466 e. The Bertz CT molecular complexity index is 429. The number of methoxy groups -OCH3 is 1. The quantitative estimate of drug-likeness (QED) is 0.0589. The molecule has 0 amide bonds. The van der Waals surface area contributed by atoms with E-state index in [0.717, 1.165) is 6.42 Å². The van der Waals surface area contributed by atoms with Crippen molar-refractivity contribution in [1.82, 2.24) is 0 Å². The second-order valence-corrected chi connectivity index (χ2v) is 10.9. The first-order valence-corrected chi connectivity index (χ1v) is 16.1. The summed E-state index contributed by atoms with van der Waals surface area (Å²) in [4.78, 5) is 11.0. The van der Waals surface area contributed by atoms with Gasteiger partial charge in [-0.05, 0) is 12.8 Å². The number of unbranched alkanes of at least 4 members (excludes halogenated alkanes) is 27. The van der Waals surface area contributed by atoms with E-state index < -0.39 is 0 Å². The lowest BCUT2D eigenvalue weighted by atomic mass is 10.0. The summed E-state index contributed by atoms with van der Waals surface area (Å²) in [5.41, 5.74) is 0. The van der Waals surface area contributed by atoms with Gasteiger partial charge < -0.3 is 4.74 Å². The van der Waals surface area contributed by atoms with Crippen LogP contribution < -0.4 is 0 Å². The van der Waals surface area contributed by atoms with Gasteiger partial charge in [-0.15, -0.1) is 0 Å². The fourth-order valence-electron chi connectivity index (χ4n) is 5.00. The van der Waals surface area contributed by atoms with Crippen LogP contribution in [0.25, 0.3) is 0 Å². The van der Waals surface area contributed by atoms with E-state index in [4.69, 9.17) is 0 Å². The van der Waals surface area contributed by atoms with E-state index in [9.17, 15) is 4.79 Å². The van der Waals surface area contributed by atoms with Crippen molar-refractivity contribution in [2.45, 2.75) is 187 Å². The molecule has 0 aromatic rings. The van der Waals surface area contributed by atoms with Gasteiger partial charge in [0.15, 0.2) is 0 Å². The Hall–Kier alpha value is -0.790. The number of carbonyl (C=O) groups excluding carboxylic acids is 1. The van der Waals surface area contributed by atoms with E-state index in [-0.39, 0.29) is 5.97 Å². The van der Waals surface area contributed by atoms with E-state index in [0.29, 0.717) is 0 Å². The zero-order valence-corrected chi connectivity index (χ0v) is 24.3. The molecule has 0 atom stereocenters. The first-order valence-electron chi connectivity index (χ1n) is 16.1. The molecule has 0 heterocycles. The Labute approximate surface area is 221 Å². The van der Waals surface area contributed by atoms with Crippen molar-refractivity contribution in [3.63, 3.8) is 0 Å². The molecule has 2 nitrogen and oxygen atoms in total. The smallest absolute Gasteiger partial charge is 0.330 e. The lowest BCUT2D eigenvalue weighted by molar-refractivity contribution is -0.134. The predicted molar refractivity (Wildman–Crippen MR) is 156 cm³/mol. The minimum atomic E-state index is -0.241. The summed E-state index contributed by atoms with van der Waals surface area (Å²) >= 11 is 0. The van der Waals surface area contributed by atoms with Crippen molar-refractivity contribution >= 4 is 5.97 Å². The maximum atomic E-state index is 11.0. The standard InChI is InChI=1S/C33H64O2/c1-3-4-5-6-7-8-9-10-11-12-13-14-15-16-17-18-19-20-21-22-23-24-25-26-27-28-29-30-31-32-33(34)35-2/h31-32H,3-30H2,1-2H3. The Morgan fingerprint density at radius 3 is 0.971 bits per heavy atom. The molecule has 2 heteroatoms. The highest BCUT2D eigenvalue weighted by atomic mass is 16.5. The van der Waals surface area contributed by atoms with E-state index >= 15 is 0 Å². The van der Waals surface area contributed by atoms with Crippen molar-refractivity contribution < 1.29 is 9.53 Å². The average molecular weight is 493 g/mol. The second-order valence-electron chi connectivity index (χ2n) is 10.9. The monoisotopic (exact) mass is 492 g/mol. The van der Waals surface area contributed by atoms with Gasteiger partial charge in [0.1, 0.15) is 0 Å². The topological polar surface area (TPSA) is 26.3 Å². The third kappa shape index (κ3) is 31.2. The van der Waals surface area contributed by atoms with Crippen LogP contribution in [0.15, 0.2) is 12.2 Å². The molecule has 0 bridgehead atoms. The predicted octanol–water partition coefficient (Wildman–Crippen LogP) is 11.7. The van der Waals surface area contributed by atoms with Crippen LogP contribution in [0.3, 0.4) is 0 Å². The molecule has 0 aliphatic carbocycles. The Balaban J connectivity index is 3.05. The van der Waals surface area contributed by atoms with Gasteiger partial charge in [-0.2, -0.15) is 0 Å². The lowest BCUT2D eigenvalue weighted by Crippen LogP contribution is -1.93. The van der Waals surface area contributed by atoms with Crippen molar-refractivity contribution in [1.29, 1.82) is 0 Å². The SMILES string of the molecule is CCCCCCCCCCCCCCCCCCCCCCCCCCCCCC=CC(=O)OC. The van der Waals surface area contributed by atoms with Crippen molar-refractivity contribution in [2.75, 3.05) is 7.11 Å². The van der Waals surface area contributed by atoms with E-state index in [1.54, 1.807) is 6.08 Å². The van der Waals surface area contributed by atoms with Crippen LogP contribution in [0, 0.1) is 0 Å². The molecular formula is C33H64O2. The summed E-state index contributed by atoms with van der Waals surface area (Å²) in [5, 5.41) is 0. The number of allylic oxidation sites excluding steroid dienone is 1. The number of hydrogen-bond donors (Lipinski definition) is 0. The summed E-state index contributed by atoms with van der Waals surface area (Å²) in [6.07, 6.45) is 43.1. The zero-order valence-electron chi connectivity index (χ0n) is 24.3. The minimum Gasteiger partial charge on any atom is -0.466 e. The van der Waals surface area contributed by atoms with Crippen molar-refractivity contribution in [2.24, 2.45) is 0 Å². The molecule has 0 rings (SSSR count). The summed E-state index contributed by atoms with van der Waals surface area (Å²) in [5.74, 6) is -0.241. The minimum absolute atomic E-state index is 0.241. The number of hydrogen-bond acceptors (Lipinski definition) is 2. The molecule has 0 aromatic heterocycles. The maximum absolute atomic E-state index is 11.0. The Kier molecular flexibility index (Phi) is 30.5. The molecule has 35 heavy (non-hydrogen) atoms. The summed E-state index contributed by atoms with van der Waals surface area (Å²) in [6.45, 7) is 2.30. The van der Waals surface area contributed by atoms with E-state index in [1.165, 1.54) is 180 Å². The third-order valence-electron chi connectivity index (χ3n) is 7.43. The van der Waals surface area contributed by atoms with Gasteiger partial charge in [-0.25, -0.2) is 4.79 Å². The molecule has 0 fully saturated rings. The number of rotatable bonds is 29. The van der Waals surface area contributed by atoms with Crippen LogP contribution in [0.4, 0.5) is 0 Å². The molecule has 0 aliphatic rings. The Morgan fingerprint density at radius 1 is 0.457 bits per heavy atom. The number of esters is 1. The highest BCUT2D eigenvalue weighted by molar-refractivity contribution is 5.81. The Morgan fingerprint density at radius 2 is 0.714 bits per heavy atom. The summed E-state index contributed by atoms with van der Waals surface area (Å²) < 4.78 is 4.59. The van der Waals surface area contributed by atoms with Crippen LogP contribution in [0.1, 0.15) is 187 Å². The molecule has 0 spiro atoms.